The second kappa shape index (κ2) is 5.43. The van der Waals surface area contributed by atoms with Crippen LogP contribution in [0.3, 0.4) is 0 Å². The largest absolute Gasteiger partial charge is 0.383 e. The summed E-state index contributed by atoms with van der Waals surface area (Å²) in [4.78, 5) is 8.41. The average molecular weight is 256 g/mol. The van der Waals surface area contributed by atoms with Crippen LogP contribution in [0, 0.1) is 5.92 Å². The van der Waals surface area contributed by atoms with E-state index in [4.69, 9.17) is 5.73 Å². The third kappa shape index (κ3) is 2.62. The smallest absolute Gasteiger partial charge is 0.132 e. The quantitative estimate of drug-likeness (QED) is 0.914. The molecule has 1 aliphatic carbocycles. The van der Waals surface area contributed by atoms with E-state index < -0.39 is 0 Å². The Hall–Kier alpha value is -1.84. The van der Waals surface area contributed by atoms with Gasteiger partial charge in [-0.25, -0.2) is 9.97 Å². The Balaban J connectivity index is 1.76. The summed E-state index contributed by atoms with van der Waals surface area (Å²) in [5.41, 5.74) is 8.00. The lowest BCUT2D eigenvalue weighted by Gasteiger charge is -2.12. The number of imidazole rings is 1. The number of rotatable bonds is 4. The van der Waals surface area contributed by atoms with Crippen molar-refractivity contribution in [2.45, 2.75) is 38.6 Å². The van der Waals surface area contributed by atoms with Gasteiger partial charge < -0.3 is 10.3 Å². The highest BCUT2D eigenvalue weighted by Crippen LogP contribution is 2.29. The molecule has 0 radical (unpaired) electrons. The third-order valence-electron chi connectivity index (χ3n) is 4.08. The van der Waals surface area contributed by atoms with Crippen molar-refractivity contribution in [2.24, 2.45) is 5.92 Å². The first-order valence-electron chi connectivity index (χ1n) is 7.05. The molecule has 0 spiro atoms. The van der Waals surface area contributed by atoms with Crippen molar-refractivity contribution >= 4 is 5.82 Å². The van der Waals surface area contributed by atoms with Crippen LogP contribution in [0.1, 0.15) is 32.1 Å². The fourth-order valence-electron chi connectivity index (χ4n) is 2.98. The predicted molar refractivity (Wildman–Crippen MR) is 76.4 cm³/mol. The molecular weight excluding hydrogens is 236 g/mol. The maximum Gasteiger partial charge on any atom is 0.132 e. The minimum atomic E-state index is 0.574. The first-order valence-corrected chi connectivity index (χ1v) is 7.05. The average Bonchev–Trinajstić information content (AvgIpc) is 3.08. The number of nitrogen functional groups attached to an aromatic ring is 1. The van der Waals surface area contributed by atoms with Gasteiger partial charge in [0.25, 0.3) is 0 Å². The lowest BCUT2D eigenvalue weighted by molar-refractivity contribution is 0.459. The van der Waals surface area contributed by atoms with Gasteiger partial charge in [-0.2, -0.15) is 0 Å². The molecule has 1 fully saturated rings. The topological polar surface area (TPSA) is 56.7 Å². The fourth-order valence-corrected chi connectivity index (χ4v) is 2.98. The van der Waals surface area contributed by atoms with Crippen LogP contribution in [-0.2, 0) is 6.54 Å². The third-order valence-corrected chi connectivity index (χ3v) is 4.08. The highest BCUT2D eigenvalue weighted by Gasteiger charge is 2.16. The van der Waals surface area contributed by atoms with Gasteiger partial charge in [0, 0.05) is 18.3 Å². The number of nitrogens with two attached hydrogens (primary N) is 1. The molecule has 0 amide bonds. The first-order chi connectivity index (χ1) is 9.34. The molecule has 0 atom stereocenters. The molecule has 0 aliphatic heterocycles. The van der Waals surface area contributed by atoms with Crippen molar-refractivity contribution in [3.05, 3.63) is 30.9 Å². The molecule has 4 nitrogen and oxygen atoms in total. The van der Waals surface area contributed by atoms with Gasteiger partial charge in [-0.15, -0.1) is 0 Å². The highest BCUT2D eigenvalue weighted by molar-refractivity contribution is 5.70. The zero-order valence-corrected chi connectivity index (χ0v) is 11.1. The number of pyridine rings is 1. The van der Waals surface area contributed by atoms with Gasteiger partial charge in [-0.3, -0.25) is 0 Å². The minimum Gasteiger partial charge on any atom is -0.383 e. The maximum absolute atomic E-state index is 5.95. The Morgan fingerprint density at radius 3 is 2.95 bits per heavy atom. The zero-order chi connectivity index (χ0) is 13.1. The molecule has 2 aromatic heterocycles. The number of anilines is 1. The van der Waals surface area contributed by atoms with Gasteiger partial charge in [0.1, 0.15) is 5.82 Å². The second-order valence-corrected chi connectivity index (χ2v) is 5.35. The molecule has 19 heavy (non-hydrogen) atoms. The molecule has 1 aliphatic rings. The molecule has 0 aromatic carbocycles. The van der Waals surface area contributed by atoms with Crippen molar-refractivity contribution in [1.29, 1.82) is 0 Å². The summed E-state index contributed by atoms with van der Waals surface area (Å²) in [5.74, 6) is 1.46. The summed E-state index contributed by atoms with van der Waals surface area (Å²) in [7, 11) is 0. The predicted octanol–water partition coefficient (Wildman–Crippen LogP) is 3.11. The summed E-state index contributed by atoms with van der Waals surface area (Å²) >= 11 is 0. The molecule has 0 bridgehead atoms. The van der Waals surface area contributed by atoms with E-state index in [0.29, 0.717) is 5.82 Å². The minimum absolute atomic E-state index is 0.574. The van der Waals surface area contributed by atoms with Crippen molar-refractivity contribution in [1.82, 2.24) is 14.5 Å². The molecule has 4 heteroatoms. The number of aryl methyl sites for hydroxylation is 1. The van der Waals surface area contributed by atoms with Crippen LogP contribution in [0.15, 0.2) is 30.9 Å². The summed E-state index contributed by atoms with van der Waals surface area (Å²) < 4.78 is 2.20. The van der Waals surface area contributed by atoms with Crippen molar-refractivity contribution in [2.75, 3.05) is 5.73 Å². The van der Waals surface area contributed by atoms with Gasteiger partial charge in [-0.05, 0) is 24.5 Å². The van der Waals surface area contributed by atoms with E-state index in [1.54, 1.807) is 6.20 Å². The van der Waals surface area contributed by atoms with Gasteiger partial charge in [0.2, 0.25) is 0 Å². The number of hydrogen-bond acceptors (Lipinski definition) is 3. The molecule has 3 rings (SSSR count). The molecular formula is C15H20N4. The summed E-state index contributed by atoms with van der Waals surface area (Å²) in [5, 5.41) is 0. The lowest BCUT2D eigenvalue weighted by atomic mass is 10.0. The van der Waals surface area contributed by atoms with Crippen LogP contribution in [0.4, 0.5) is 5.82 Å². The van der Waals surface area contributed by atoms with Gasteiger partial charge in [-0.1, -0.05) is 25.7 Å². The highest BCUT2D eigenvalue weighted by atomic mass is 15.0. The number of aromatic nitrogens is 3. The van der Waals surface area contributed by atoms with Crippen LogP contribution in [0.2, 0.25) is 0 Å². The van der Waals surface area contributed by atoms with E-state index in [9.17, 15) is 0 Å². The monoisotopic (exact) mass is 256 g/mol. The van der Waals surface area contributed by atoms with Crippen LogP contribution in [0.5, 0.6) is 0 Å². The Morgan fingerprint density at radius 1 is 1.32 bits per heavy atom. The summed E-state index contributed by atoms with van der Waals surface area (Å²) in [6.45, 7) is 1.02. The molecule has 2 heterocycles. The van der Waals surface area contributed by atoms with Crippen molar-refractivity contribution in [3.63, 3.8) is 0 Å². The van der Waals surface area contributed by atoms with E-state index in [1.807, 2.05) is 24.7 Å². The molecule has 0 unspecified atom stereocenters. The second-order valence-electron chi connectivity index (χ2n) is 5.35. The van der Waals surface area contributed by atoms with Crippen molar-refractivity contribution in [3.8, 4) is 11.3 Å². The van der Waals surface area contributed by atoms with E-state index in [1.165, 1.54) is 32.1 Å². The summed E-state index contributed by atoms with van der Waals surface area (Å²) in [6, 6.07) is 3.92. The zero-order valence-electron chi connectivity index (χ0n) is 11.1. The van der Waals surface area contributed by atoms with Crippen LogP contribution >= 0.6 is 0 Å². The van der Waals surface area contributed by atoms with Crippen LogP contribution in [-0.4, -0.2) is 14.5 Å². The maximum atomic E-state index is 5.95. The Labute approximate surface area is 113 Å². The van der Waals surface area contributed by atoms with Crippen LogP contribution < -0.4 is 5.73 Å². The molecule has 2 aromatic rings. The van der Waals surface area contributed by atoms with Gasteiger partial charge in [0.05, 0.1) is 18.2 Å². The number of nitrogens with zero attached hydrogens (tertiary/aromatic N) is 3. The molecule has 2 N–H and O–H groups in total. The standard InChI is InChI=1S/C15H20N4/c16-15-13(6-3-8-18-15)14-10-17-11-19(14)9-7-12-4-1-2-5-12/h3,6,8,10-12H,1-2,4-5,7,9H2,(H2,16,18). The molecule has 100 valence electrons. The molecule has 0 saturated heterocycles. The van der Waals surface area contributed by atoms with Crippen molar-refractivity contribution < 1.29 is 0 Å². The SMILES string of the molecule is Nc1ncccc1-c1cncn1CCC1CCCC1. The fraction of sp³-hybridized carbons (Fsp3) is 0.467. The van der Waals surface area contributed by atoms with Gasteiger partial charge in [0.15, 0.2) is 0 Å². The van der Waals surface area contributed by atoms with E-state index in [2.05, 4.69) is 14.5 Å². The van der Waals surface area contributed by atoms with E-state index in [-0.39, 0.29) is 0 Å². The first kappa shape index (κ1) is 12.2. The van der Waals surface area contributed by atoms with E-state index >= 15 is 0 Å². The number of hydrogen-bond donors (Lipinski definition) is 1. The summed E-state index contributed by atoms with van der Waals surface area (Å²) in [6.07, 6.45) is 12.3. The Kier molecular flexibility index (Phi) is 3.49. The Morgan fingerprint density at radius 2 is 2.16 bits per heavy atom. The normalized spacial score (nSPS) is 16.0. The van der Waals surface area contributed by atoms with Gasteiger partial charge >= 0.3 is 0 Å². The lowest BCUT2D eigenvalue weighted by Crippen LogP contribution is -2.05. The Bertz CT molecular complexity index is 541. The molecule has 1 saturated carbocycles. The van der Waals surface area contributed by atoms with E-state index in [0.717, 1.165) is 23.7 Å². The van der Waals surface area contributed by atoms with Crippen LogP contribution in [0.25, 0.3) is 11.3 Å².